The molecule has 32 heavy (non-hydrogen) atoms. The van der Waals surface area contributed by atoms with E-state index in [4.69, 9.17) is 11.6 Å². The van der Waals surface area contributed by atoms with Gasteiger partial charge in [0.15, 0.2) is 5.96 Å². The van der Waals surface area contributed by atoms with Gasteiger partial charge in [-0.1, -0.05) is 41.9 Å². The average molecular weight is 567 g/mol. The van der Waals surface area contributed by atoms with Crippen LogP contribution >= 0.6 is 35.6 Å². The zero-order valence-corrected chi connectivity index (χ0v) is 21.2. The first kappa shape index (κ1) is 25.7. The highest BCUT2D eigenvalue weighted by molar-refractivity contribution is 14.0. The SMILES string of the molecule is CN=C(NCCC(=O)Nc1ccc(C)cc1Cl)NCc1ccccc1Cn1cccn1.I. The average Bonchev–Trinajstić information content (AvgIpc) is 3.26. The predicted octanol–water partition coefficient (Wildman–Crippen LogP) is 4.21. The van der Waals surface area contributed by atoms with Crippen molar-refractivity contribution < 1.29 is 4.79 Å². The lowest BCUT2D eigenvalue weighted by molar-refractivity contribution is -0.116. The molecule has 1 aromatic heterocycles. The molecule has 1 amide bonds. The smallest absolute Gasteiger partial charge is 0.226 e. The standard InChI is InChI=1S/C23H27ClN6O.HI/c1-17-8-9-21(20(24)14-17)29-22(31)10-12-26-23(25-2)27-15-18-6-3-4-7-19(18)16-30-13-5-11-28-30;/h3-9,11,13-14H,10,12,15-16H2,1-2H3,(H,29,31)(H2,25,26,27);1H. The normalized spacial score (nSPS) is 10.9. The number of aromatic nitrogens is 2. The third-order valence-electron chi connectivity index (χ3n) is 4.72. The zero-order chi connectivity index (χ0) is 22.1. The molecule has 1 heterocycles. The number of amides is 1. The third-order valence-corrected chi connectivity index (χ3v) is 5.04. The van der Waals surface area contributed by atoms with Crippen molar-refractivity contribution in [1.29, 1.82) is 0 Å². The second-order valence-electron chi connectivity index (χ2n) is 7.11. The van der Waals surface area contributed by atoms with Gasteiger partial charge in [0.2, 0.25) is 5.91 Å². The van der Waals surface area contributed by atoms with Gasteiger partial charge < -0.3 is 16.0 Å². The van der Waals surface area contributed by atoms with Crippen LogP contribution in [0.5, 0.6) is 0 Å². The first-order valence-corrected chi connectivity index (χ1v) is 10.5. The Morgan fingerprint density at radius 3 is 2.59 bits per heavy atom. The number of halogens is 2. The summed E-state index contributed by atoms with van der Waals surface area (Å²) in [7, 11) is 1.71. The second-order valence-corrected chi connectivity index (χ2v) is 7.51. The van der Waals surface area contributed by atoms with Gasteiger partial charge in [0.05, 0.1) is 17.3 Å². The lowest BCUT2D eigenvalue weighted by atomic mass is 10.1. The summed E-state index contributed by atoms with van der Waals surface area (Å²) >= 11 is 6.17. The molecular weight excluding hydrogens is 539 g/mol. The predicted molar refractivity (Wildman–Crippen MR) is 141 cm³/mol. The maximum atomic E-state index is 12.2. The van der Waals surface area contributed by atoms with Crippen LogP contribution < -0.4 is 16.0 Å². The fourth-order valence-electron chi connectivity index (χ4n) is 3.08. The van der Waals surface area contributed by atoms with Gasteiger partial charge in [-0.3, -0.25) is 14.5 Å². The molecule has 170 valence electrons. The number of rotatable bonds is 8. The third kappa shape index (κ3) is 7.83. The molecule has 7 nitrogen and oxygen atoms in total. The molecule has 0 unspecified atom stereocenters. The van der Waals surface area contributed by atoms with Crippen molar-refractivity contribution in [2.75, 3.05) is 18.9 Å². The highest BCUT2D eigenvalue weighted by Crippen LogP contribution is 2.22. The van der Waals surface area contributed by atoms with Crippen molar-refractivity contribution in [3.63, 3.8) is 0 Å². The number of guanidine groups is 1. The van der Waals surface area contributed by atoms with Crippen LogP contribution in [0.2, 0.25) is 5.02 Å². The molecule has 9 heteroatoms. The van der Waals surface area contributed by atoms with Crippen LogP contribution in [0.25, 0.3) is 0 Å². The molecule has 3 rings (SSSR count). The Kier molecular flexibility index (Phi) is 10.5. The van der Waals surface area contributed by atoms with Crippen LogP contribution in [0.15, 0.2) is 65.9 Å². The van der Waals surface area contributed by atoms with Crippen LogP contribution in [0, 0.1) is 6.92 Å². The number of aliphatic imine (C=N–C) groups is 1. The van der Waals surface area contributed by atoms with E-state index in [1.807, 2.05) is 54.2 Å². The number of hydrogen-bond acceptors (Lipinski definition) is 3. The summed E-state index contributed by atoms with van der Waals surface area (Å²) in [5.74, 6) is 0.522. The van der Waals surface area contributed by atoms with Gasteiger partial charge in [0, 0.05) is 39.0 Å². The highest BCUT2D eigenvalue weighted by Gasteiger charge is 2.08. The Morgan fingerprint density at radius 1 is 1.12 bits per heavy atom. The van der Waals surface area contributed by atoms with Gasteiger partial charge in [0.25, 0.3) is 0 Å². The van der Waals surface area contributed by atoms with E-state index in [9.17, 15) is 4.79 Å². The lowest BCUT2D eigenvalue weighted by Crippen LogP contribution is -2.38. The van der Waals surface area contributed by atoms with E-state index in [0.29, 0.717) is 42.7 Å². The van der Waals surface area contributed by atoms with Gasteiger partial charge in [-0.15, -0.1) is 24.0 Å². The molecule has 0 aliphatic rings. The molecule has 0 aliphatic carbocycles. The number of carbonyl (C=O) groups excluding carboxylic acids is 1. The summed E-state index contributed by atoms with van der Waals surface area (Å²) < 4.78 is 1.89. The van der Waals surface area contributed by atoms with Gasteiger partial charge in [-0.05, 0) is 41.8 Å². The van der Waals surface area contributed by atoms with E-state index in [-0.39, 0.29) is 29.9 Å². The lowest BCUT2D eigenvalue weighted by Gasteiger charge is -2.14. The number of carbonyl (C=O) groups is 1. The largest absolute Gasteiger partial charge is 0.356 e. The monoisotopic (exact) mass is 566 g/mol. The summed E-state index contributed by atoms with van der Waals surface area (Å²) in [6.07, 6.45) is 4.01. The molecule has 0 spiro atoms. The molecule has 2 aromatic carbocycles. The van der Waals surface area contributed by atoms with Crippen molar-refractivity contribution in [2.24, 2.45) is 4.99 Å². The number of benzene rings is 2. The Bertz CT molecular complexity index is 1040. The van der Waals surface area contributed by atoms with Crippen molar-refractivity contribution in [1.82, 2.24) is 20.4 Å². The first-order chi connectivity index (χ1) is 15.0. The molecule has 0 bridgehead atoms. The number of anilines is 1. The maximum absolute atomic E-state index is 12.2. The molecule has 0 saturated carbocycles. The highest BCUT2D eigenvalue weighted by atomic mass is 127. The van der Waals surface area contributed by atoms with E-state index in [0.717, 1.165) is 11.1 Å². The van der Waals surface area contributed by atoms with Crippen molar-refractivity contribution in [2.45, 2.75) is 26.4 Å². The summed E-state index contributed by atoms with van der Waals surface area (Å²) in [6.45, 7) is 3.72. The van der Waals surface area contributed by atoms with E-state index in [2.05, 4.69) is 38.2 Å². The van der Waals surface area contributed by atoms with Crippen LogP contribution in [-0.2, 0) is 17.9 Å². The number of aryl methyl sites for hydroxylation is 1. The molecule has 0 atom stereocenters. The van der Waals surface area contributed by atoms with Crippen molar-refractivity contribution >= 4 is 53.1 Å². The summed E-state index contributed by atoms with van der Waals surface area (Å²) in [4.78, 5) is 16.5. The fraction of sp³-hybridized carbons (Fsp3) is 0.261. The van der Waals surface area contributed by atoms with E-state index < -0.39 is 0 Å². The minimum absolute atomic E-state index is 0. The van der Waals surface area contributed by atoms with Crippen molar-refractivity contribution in [3.05, 3.63) is 82.6 Å². The van der Waals surface area contributed by atoms with Gasteiger partial charge in [-0.25, -0.2) is 0 Å². The topological polar surface area (TPSA) is 83.3 Å². The number of nitrogens with one attached hydrogen (secondary N) is 3. The van der Waals surface area contributed by atoms with Crippen molar-refractivity contribution in [3.8, 4) is 0 Å². The van der Waals surface area contributed by atoms with Crippen LogP contribution in [0.4, 0.5) is 5.69 Å². The molecule has 0 fully saturated rings. The molecule has 0 saturated heterocycles. The van der Waals surface area contributed by atoms with E-state index >= 15 is 0 Å². The first-order valence-electron chi connectivity index (χ1n) is 10.1. The number of hydrogen-bond donors (Lipinski definition) is 3. The minimum atomic E-state index is -0.113. The zero-order valence-electron chi connectivity index (χ0n) is 18.1. The fourth-order valence-corrected chi connectivity index (χ4v) is 3.36. The summed E-state index contributed by atoms with van der Waals surface area (Å²) in [6, 6.07) is 15.7. The van der Waals surface area contributed by atoms with E-state index in [1.54, 1.807) is 13.2 Å². The van der Waals surface area contributed by atoms with Crippen LogP contribution in [0.1, 0.15) is 23.1 Å². The molecular formula is C23H28ClIN6O. The molecule has 0 radical (unpaired) electrons. The Labute approximate surface area is 210 Å². The van der Waals surface area contributed by atoms with Crippen LogP contribution in [-0.4, -0.2) is 35.2 Å². The van der Waals surface area contributed by atoms with Gasteiger partial charge >= 0.3 is 0 Å². The molecule has 3 N–H and O–H groups in total. The van der Waals surface area contributed by atoms with Gasteiger partial charge in [0.1, 0.15) is 0 Å². The number of nitrogens with zero attached hydrogens (tertiary/aromatic N) is 3. The summed E-state index contributed by atoms with van der Waals surface area (Å²) in [5.41, 5.74) is 4.01. The summed E-state index contributed by atoms with van der Waals surface area (Å²) in [5, 5.41) is 14.1. The minimum Gasteiger partial charge on any atom is -0.356 e. The van der Waals surface area contributed by atoms with Gasteiger partial charge in [-0.2, -0.15) is 5.10 Å². The van der Waals surface area contributed by atoms with Crippen LogP contribution in [0.3, 0.4) is 0 Å². The quantitative estimate of drug-likeness (QED) is 0.217. The Morgan fingerprint density at radius 2 is 1.91 bits per heavy atom. The van der Waals surface area contributed by atoms with E-state index in [1.165, 1.54) is 5.56 Å². The second kappa shape index (κ2) is 13.1. The Hall–Kier alpha value is -2.59. The maximum Gasteiger partial charge on any atom is 0.226 e. The molecule has 3 aromatic rings. The molecule has 0 aliphatic heterocycles. The Balaban J connectivity index is 0.00000363.